The third-order valence-corrected chi connectivity index (χ3v) is 6.29. The lowest BCUT2D eigenvalue weighted by Crippen LogP contribution is -2.43. The van der Waals surface area contributed by atoms with Gasteiger partial charge in [-0.2, -0.15) is 0 Å². The van der Waals surface area contributed by atoms with Crippen LogP contribution in [0.1, 0.15) is 47.6 Å². The molecule has 7 heteroatoms. The van der Waals surface area contributed by atoms with Crippen molar-refractivity contribution in [2.24, 2.45) is 7.05 Å². The van der Waals surface area contributed by atoms with E-state index in [0.29, 0.717) is 11.5 Å². The summed E-state index contributed by atoms with van der Waals surface area (Å²) in [4.78, 5) is 17.1. The van der Waals surface area contributed by atoms with Crippen LogP contribution in [0.2, 0.25) is 0 Å². The van der Waals surface area contributed by atoms with E-state index in [9.17, 15) is 9.18 Å². The Morgan fingerprint density at radius 1 is 1.25 bits per heavy atom. The zero-order valence-electron chi connectivity index (χ0n) is 15.7. The highest BCUT2D eigenvalue weighted by Crippen LogP contribution is 2.39. The molecule has 28 heavy (non-hydrogen) atoms. The van der Waals surface area contributed by atoms with E-state index in [1.807, 2.05) is 23.9 Å². The predicted octanol–water partition coefficient (Wildman–Crippen LogP) is 4.64. The molecule has 0 bridgehead atoms. The van der Waals surface area contributed by atoms with Crippen molar-refractivity contribution in [1.82, 2.24) is 14.9 Å². The highest BCUT2D eigenvalue weighted by molar-refractivity contribution is 7.98. The second-order valence-electron chi connectivity index (χ2n) is 7.13. The maximum Gasteiger partial charge on any atom is 0.287 e. The second kappa shape index (κ2) is 7.83. The van der Waals surface area contributed by atoms with Gasteiger partial charge in [-0.3, -0.25) is 4.79 Å². The number of rotatable bonds is 6. The Morgan fingerprint density at radius 2 is 2.00 bits per heavy atom. The first-order valence-corrected chi connectivity index (χ1v) is 10.3. The first kappa shape index (κ1) is 18.8. The summed E-state index contributed by atoms with van der Waals surface area (Å²) in [6.45, 7) is 0. The average Bonchev–Trinajstić information content (AvgIpc) is 3.42. The van der Waals surface area contributed by atoms with Crippen molar-refractivity contribution in [3.8, 4) is 0 Å². The molecule has 1 saturated carbocycles. The SMILES string of the molecule is Cn1ccnc1SCc1ccc(C(=O)NC2(c3ccc(F)cc3)CCCC2)o1. The number of benzene rings is 1. The van der Waals surface area contributed by atoms with Crippen LogP contribution >= 0.6 is 11.8 Å². The molecule has 1 aromatic carbocycles. The predicted molar refractivity (Wildman–Crippen MR) is 105 cm³/mol. The summed E-state index contributed by atoms with van der Waals surface area (Å²) in [6, 6.07) is 9.94. The van der Waals surface area contributed by atoms with Crippen molar-refractivity contribution in [2.75, 3.05) is 0 Å². The van der Waals surface area contributed by atoms with E-state index < -0.39 is 5.54 Å². The van der Waals surface area contributed by atoms with Crippen molar-refractivity contribution in [3.05, 3.63) is 71.7 Å². The largest absolute Gasteiger partial charge is 0.455 e. The molecule has 1 amide bonds. The molecule has 0 aliphatic heterocycles. The number of aryl methyl sites for hydroxylation is 1. The molecule has 0 radical (unpaired) electrons. The van der Waals surface area contributed by atoms with E-state index in [1.165, 1.54) is 12.1 Å². The number of aromatic nitrogens is 2. The molecule has 1 aliphatic carbocycles. The number of nitrogens with one attached hydrogen (secondary N) is 1. The van der Waals surface area contributed by atoms with Gasteiger partial charge in [-0.05, 0) is 42.7 Å². The first-order chi connectivity index (χ1) is 13.6. The van der Waals surface area contributed by atoms with Crippen molar-refractivity contribution in [3.63, 3.8) is 0 Å². The van der Waals surface area contributed by atoms with Crippen LogP contribution < -0.4 is 5.32 Å². The van der Waals surface area contributed by atoms with E-state index in [0.717, 1.165) is 42.2 Å². The number of furan rings is 1. The van der Waals surface area contributed by atoms with Gasteiger partial charge in [-0.15, -0.1) is 0 Å². The lowest BCUT2D eigenvalue weighted by atomic mass is 9.88. The summed E-state index contributed by atoms with van der Waals surface area (Å²) in [5.74, 6) is 1.11. The van der Waals surface area contributed by atoms with E-state index in [2.05, 4.69) is 10.3 Å². The normalized spacial score (nSPS) is 15.6. The van der Waals surface area contributed by atoms with Crippen molar-refractivity contribution < 1.29 is 13.6 Å². The first-order valence-electron chi connectivity index (χ1n) is 9.33. The minimum atomic E-state index is -0.459. The molecule has 1 N–H and O–H groups in total. The van der Waals surface area contributed by atoms with E-state index in [-0.39, 0.29) is 11.7 Å². The number of amides is 1. The fraction of sp³-hybridized carbons (Fsp3) is 0.333. The minimum Gasteiger partial charge on any atom is -0.455 e. The minimum absolute atomic E-state index is 0.237. The molecule has 0 unspecified atom stereocenters. The smallest absolute Gasteiger partial charge is 0.287 e. The Hall–Kier alpha value is -2.54. The zero-order chi connectivity index (χ0) is 19.6. The molecule has 146 valence electrons. The Morgan fingerprint density at radius 3 is 2.68 bits per heavy atom. The van der Waals surface area contributed by atoms with Gasteiger partial charge in [-0.1, -0.05) is 36.7 Å². The Kier molecular flexibility index (Phi) is 5.26. The van der Waals surface area contributed by atoms with Crippen LogP contribution in [-0.4, -0.2) is 15.5 Å². The van der Waals surface area contributed by atoms with Crippen molar-refractivity contribution in [2.45, 2.75) is 42.1 Å². The van der Waals surface area contributed by atoms with Crippen molar-refractivity contribution >= 4 is 17.7 Å². The van der Waals surface area contributed by atoms with Crippen LogP contribution in [0.25, 0.3) is 0 Å². The number of halogens is 1. The summed E-state index contributed by atoms with van der Waals surface area (Å²) in [6.07, 6.45) is 7.38. The fourth-order valence-corrected chi connectivity index (χ4v) is 4.54. The van der Waals surface area contributed by atoms with E-state index >= 15 is 0 Å². The quantitative estimate of drug-likeness (QED) is 0.613. The molecule has 0 spiro atoms. The maximum atomic E-state index is 13.3. The van der Waals surface area contributed by atoms with Gasteiger partial charge in [0.15, 0.2) is 10.9 Å². The number of carbonyl (C=O) groups is 1. The van der Waals surface area contributed by atoms with Crippen LogP contribution in [0, 0.1) is 5.82 Å². The molecule has 2 heterocycles. The third-order valence-electron chi connectivity index (χ3n) is 5.21. The number of hydrogen-bond donors (Lipinski definition) is 1. The summed E-state index contributed by atoms with van der Waals surface area (Å²) >= 11 is 1.55. The van der Waals surface area contributed by atoms with Gasteiger partial charge in [0.2, 0.25) is 0 Å². The molecular formula is C21H22FN3O2S. The molecule has 2 aromatic heterocycles. The molecule has 0 saturated heterocycles. The Balaban J connectivity index is 1.46. The summed E-state index contributed by atoms with van der Waals surface area (Å²) in [5.41, 5.74) is 0.483. The molecule has 5 nitrogen and oxygen atoms in total. The number of thioether (sulfide) groups is 1. The molecule has 1 fully saturated rings. The highest BCUT2D eigenvalue weighted by Gasteiger charge is 2.37. The topological polar surface area (TPSA) is 60.1 Å². The van der Waals surface area contributed by atoms with Crippen LogP contribution in [0.15, 0.2) is 58.4 Å². The summed E-state index contributed by atoms with van der Waals surface area (Å²) in [7, 11) is 1.94. The van der Waals surface area contributed by atoms with Crippen molar-refractivity contribution in [1.29, 1.82) is 0 Å². The van der Waals surface area contributed by atoms with Crippen LogP contribution in [0.5, 0.6) is 0 Å². The van der Waals surface area contributed by atoms with Gasteiger partial charge in [-0.25, -0.2) is 9.37 Å². The maximum absolute atomic E-state index is 13.3. The van der Waals surface area contributed by atoms with Crippen LogP contribution in [-0.2, 0) is 18.3 Å². The third kappa shape index (κ3) is 3.85. The molecule has 1 aliphatic rings. The van der Waals surface area contributed by atoms with Gasteiger partial charge in [0.1, 0.15) is 11.6 Å². The molecule has 0 atom stereocenters. The van der Waals surface area contributed by atoms with Gasteiger partial charge < -0.3 is 14.3 Å². The Bertz CT molecular complexity index is 958. The second-order valence-corrected chi connectivity index (χ2v) is 8.07. The monoisotopic (exact) mass is 399 g/mol. The standard InChI is InChI=1S/C21H22FN3O2S/c1-25-13-12-23-20(25)28-14-17-8-9-18(27-17)19(26)24-21(10-2-3-11-21)15-4-6-16(22)7-5-15/h4-9,12-13H,2-3,10-11,14H2,1H3,(H,24,26). The lowest BCUT2D eigenvalue weighted by Gasteiger charge is -2.30. The number of nitrogens with zero attached hydrogens (tertiary/aromatic N) is 2. The number of carbonyl (C=O) groups excluding carboxylic acids is 1. The lowest BCUT2D eigenvalue weighted by molar-refractivity contribution is 0.0868. The molecule has 4 rings (SSSR count). The highest BCUT2D eigenvalue weighted by atomic mass is 32.2. The molecular weight excluding hydrogens is 377 g/mol. The van der Waals surface area contributed by atoms with Crippen LogP contribution in [0.4, 0.5) is 4.39 Å². The van der Waals surface area contributed by atoms with Gasteiger partial charge in [0.25, 0.3) is 5.91 Å². The van der Waals surface area contributed by atoms with Crippen LogP contribution in [0.3, 0.4) is 0 Å². The van der Waals surface area contributed by atoms with Gasteiger partial charge in [0.05, 0.1) is 11.3 Å². The van der Waals surface area contributed by atoms with Gasteiger partial charge in [0, 0.05) is 19.4 Å². The summed E-state index contributed by atoms with van der Waals surface area (Å²) < 4.78 is 21.0. The number of imidazole rings is 1. The van der Waals surface area contributed by atoms with E-state index in [1.54, 1.807) is 36.2 Å². The summed E-state index contributed by atoms with van der Waals surface area (Å²) in [5, 5.41) is 4.05. The fourth-order valence-electron chi connectivity index (χ4n) is 3.72. The zero-order valence-corrected chi connectivity index (χ0v) is 16.5. The van der Waals surface area contributed by atoms with E-state index in [4.69, 9.17) is 4.42 Å². The number of hydrogen-bond acceptors (Lipinski definition) is 4. The average molecular weight is 399 g/mol. The Labute approximate surface area is 167 Å². The van der Waals surface area contributed by atoms with Gasteiger partial charge >= 0.3 is 0 Å². The molecule has 3 aromatic rings.